The second-order valence-electron chi connectivity index (χ2n) is 3.61. The molecule has 2 aromatic rings. The Morgan fingerprint density at radius 3 is 2.88 bits per heavy atom. The van der Waals surface area contributed by atoms with Gasteiger partial charge in [-0.05, 0) is 37.6 Å². The van der Waals surface area contributed by atoms with Crippen molar-refractivity contribution >= 4 is 16.9 Å². The molecule has 0 unspecified atom stereocenters. The van der Waals surface area contributed by atoms with E-state index >= 15 is 0 Å². The van der Waals surface area contributed by atoms with E-state index in [1.807, 2.05) is 6.07 Å². The molecule has 0 fully saturated rings. The summed E-state index contributed by atoms with van der Waals surface area (Å²) >= 11 is 0. The molecule has 84 valence electrons. The number of ether oxygens (including phenoxy) is 1. The van der Waals surface area contributed by atoms with Crippen molar-refractivity contribution in [1.29, 1.82) is 0 Å². The first-order valence-corrected chi connectivity index (χ1v) is 5.08. The van der Waals surface area contributed by atoms with E-state index in [0.717, 1.165) is 5.56 Å². The number of rotatable bonds is 2. The van der Waals surface area contributed by atoms with Crippen molar-refractivity contribution < 1.29 is 13.9 Å². The summed E-state index contributed by atoms with van der Waals surface area (Å²) in [6.07, 6.45) is 0. The molecule has 1 aromatic heterocycles. The molecule has 0 amide bonds. The van der Waals surface area contributed by atoms with E-state index in [1.165, 1.54) is 6.07 Å². The number of fused-ring (bicyclic) bond motifs is 1. The average molecular weight is 221 g/mol. The zero-order chi connectivity index (χ0) is 11.7. The Balaban J connectivity index is 2.51. The van der Waals surface area contributed by atoms with Gasteiger partial charge in [-0.25, -0.2) is 9.18 Å². The molecule has 0 saturated carbocycles. The van der Waals surface area contributed by atoms with Gasteiger partial charge in [0.25, 0.3) is 0 Å². The summed E-state index contributed by atoms with van der Waals surface area (Å²) in [5.41, 5.74) is 1.44. The van der Waals surface area contributed by atoms with Gasteiger partial charge >= 0.3 is 5.97 Å². The number of nitrogens with one attached hydrogen (secondary N) is 1. The number of aryl methyl sites for hydroxylation is 1. The molecule has 0 aliphatic carbocycles. The molecule has 1 heterocycles. The highest BCUT2D eigenvalue weighted by Gasteiger charge is 2.12. The van der Waals surface area contributed by atoms with Crippen LogP contribution in [0.25, 0.3) is 10.9 Å². The molecule has 0 spiro atoms. The van der Waals surface area contributed by atoms with Crippen LogP contribution in [0.5, 0.6) is 0 Å². The molecule has 0 atom stereocenters. The summed E-state index contributed by atoms with van der Waals surface area (Å²) in [5.74, 6) is -0.818. The zero-order valence-corrected chi connectivity index (χ0v) is 9.13. The topological polar surface area (TPSA) is 42.1 Å². The Morgan fingerprint density at radius 1 is 1.44 bits per heavy atom. The number of hydrogen-bond donors (Lipinski definition) is 1. The van der Waals surface area contributed by atoms with Gasteiger partial charge in [-0.2, -0.15) is 0 Å². The first-order chi connectivity index (χ1) is 7.61. The van der Waals surface area contributed by atoms with Gasteiger partial charge in [-0.15, -0.1) is 0 Å². The zero-order valence-electron chi connectivity index (χ0n) is 9.13. The van der Waals surface area contributed by atoms with E-state index in [-0.39, 0.29) is 11.5 Å². The maximum atomic E-state index is 13.5. The van der Waals surface area contributed by atoms with Crippen LogP contribution < -0.4 is 0 Å². The summed E-state index contributed by atoms with van der Waals surface area (Å²) in [4.78, 5) is 14.2. The molecular weight excluding hydrogens is 209 g/mol. The minimum atomic E-state index is -0.462. The lowest BCUT2D eigenvalue weighted by Gasteiger charge is -1.97. The fourth-order valence-electron chi connectivity index (χ4n) is 1.66. The van der Waals surface area contributed by atoms with Crippen LogP contribution in [-0.4, -0.2) is 17.6 Å². The molecule has 0 radical (unpaired) electrons. The molecule has 0 bridgehead atoms. The van der Waals surface area contributed by atoms with E-state index in [0.29, 0.717) is 17.5 Å². The van der Waals surface area contributed by atoms with Gasteiger partial charge in [0, 0.05) is 5.39 Å². The lowest BCUT2D eigenvalue weighted by atomic mass is 10.2. The van der Waals surface area contributed by atoms with Crippen molar-refractivity contribution in [3.05, 3.63) is 35.3 Å². The molecular formula is C12H12FNO2. The van der Waals surface area contributed by atoms with Crippen LogP contribution in [0, 0.1) is 12.7 Å². The maximum Gasteiger partial charge on any atom is 0.354 e. The van der Waals surface area contributed by atoms with Crippen molar-refractivity contribution in [3.63, 3.8) is 0 Å². The standard InChI is InChI=1S/C12H12FNO2/c1-3-16-12(15)10-6-8-4-7(2)5-9(13)11(8)14-10/h4-6,14H,3H2,1-2H3. The van der Waals surface area contributed by atoms with Gasteiger partial charge in [-0.3, -0.25) is 0 Å². The van der Waals surface area contributed by atoms with Crippen LogP contribution in [0.15, 0.2) is 18.2 Å². The Kier molecular flexibility index (Phi) is 2.64. The van der Waals surface area contributed by atoms with Crippen LogP contribution in [-0.2, 0) is 4.74 Å². The molecule has 4 heteroatoms. The average Bonchev–Trinajstić information content (AvgIpc) is 2.62. The minimum Gasteiger partial charge on any atom is -0.461 e. The molecule has 0 saturated heterocycles. The highest BCUT2D eigenvalue weighted by Crippen LogP contribution is 2.20. The first-order valence-electron chi connectivity index (χ1n) is 5.08. The lowest BCUT2D eigenvalue weighted by Crippen LogP contribution is -2.04. The third-order valence-electron chi connectivity index (χ3n) is 2.32. The van der Waals surface area contributed by atoms with Crippen LogP contribution in [0.1, 0.15) is 23.0 Å². The van der Waals surface area contributed by atoms with E-state index < -0.39 is 5.97 Å². The molecule has 0 aliphatic heterocycles. The Labute approximate surface area is 92.2 Å². The Hall–Kier alpha value is -1.84. The van der Waals surface area contributed by atoms with Crippen molar-refractivity contribution in [3.8, 4) is 0 Å². The number of carbonyl (C=O) groups excluding carboxylic acids is 1. The van der Waals surface area contributed by atoms with Crippen molar-refractivity contribution in [2.45, 2.75) is 13.8 Å². The normalized spacial score (nSPS) is 10.7. The van der Waals surface area contributed by atoms with Crippen LogP contribution >= 0.6 is 0 Å². The summed E-state index contributed by atoms with van der Waals surface area (Å²) in [6.45, 7) is 3.83. The molecule has 3 nitrogen and oxygen atoms in total. The number of hydrogen-bond acceptors (Lipinski definition) is 2. The second kappa shape index (κ2) is 3.96. The van der Waals surface area contributed by atoms with Gasteiger partial charge in [-0.1, -0.05) is 0 Å². The number of benzene rings is 1. The van der Waals surface area contributed by atoms with Crippen LogP contribution in [0.3, 0.4) is 0 Å². The highest BCUT2D eigenvalue weighted by molar-refractivity contribution is 5.95. The van der Waals surface area contributed by atoms with Gasteiger partial charge < -0.3 is 9.72 Å². The largest absolute Gasteiger partial charge is 0.461 e. The molecule has 1 N–H and O–H groups in total. The second-order valence-corrected chi connectivity index (χ2v) is 3.61. The predicted octanol–water partition coefficient (Wildman–Crippen LogP) is 2.79. The number of aromatic nitrogens is 1. The third kappa shape index (κ3) is 1.78. The number of halogens is 1. The van der Waals surface area contributed by atoms with E-state index in [1.54, 1.807) is 19.9 Å². The molecule has 2 rings (SSSR count). The van der Waals surface area contributed by atoms with Crippen molar-refractivity contribution in [1.82, 2.24) is 4.98 Å². The Bertz CT molecular complexity index is 545. The van der Waals surface area contributed by atoms with E-state index in [4.69, 9.17) is 4.74 Å². The van der Waals surface area contributed by atoms with Crippen LogP contribution in [0.2, 0.25) is 0 Å². The van der Waals surface area contributed by atoms with E-state index in [9.17, 15) is 9.18 Å². The van der Waals surface area contributed by atoms with Gasteiger partial charge in [0.15, 0.2) is 0 Å². The third-order valence-corrected chi connectivity index (χ3v) is 2.32. The number of carbonyl (C=O) groups is 1. The maximum absolute atomic E-state index is 13.5. The van der Waals surface area contributed by atoms with Crippen molar-refractivity contribution in [2.75, 3.05) is 6.61 Å². The molecule has 1 aromatic carbocycles. The fourth-order valence-corrected chi connectivity index (χ4v) is 1.66. The summed E-state index contributed by atoms with van der Waals surface area (Å²) in [7, 11) is 0. The molecule has 0 aliphatic rings. The smallest absolute Gasteiger partial charge is 0.354 e. The SMILES string of the molecule is CCOC(=O)c1cc2cc(C)cc(F)c2[nH]1. The quantitative estimate of drug-likeness (QED) is 0.792. The monoisotopic (exact) mass is 221 g/mol. The number of aromatic amines is 1. The summed E-state index contributed by atoms with van der Waals surface area (Å²) < 4.78 is 18.4. The fraction of sp³-hybridized carbons (Fsp3) is 0.250. The summed E-state index contributed by atoms with van der Waals surface area (Å²) in [5, 5.41) is 0.681. The van der Waals surface area contributed by atoms with Crippen molar-refractivity contribution in [2.24, 2.45) is 0 Å². The number of esters is 1. The number of H-pyrrole nitrogens is 1. The minimum absolute atomic E-state index is 0.279. The Morgan fingerprint density at radius 2 is 2.19 bits per heavy atom. The van der Waals surface area contributed by atoms with E-state index in [2.05, 4.69) is 4.98 Å². The summed E-state index contributed by atoms with van der Waals surface area (Å²) in [6, 6.07) is 4.84. The molecule has 16 heavy (non-hydrogen) atoms. The highest BCUT2D eigenvalue weighted by atomic mass is 19.1. The lowest BCUT2D eigenvalue weighted by molar-refractivity contribution is 0.0520. The van der Waals surface area contributed by atoms with Crippen LogP contribution in [0.4, 0.5) is 4.39 Å². The first kappa shape index (κ1) is 10.7. The predicted molar refractivity (Wildman–Crippen MR) is 59.0 cm³/mol. The van der Waals surface area contributed by atoms with Gasteiger partial charge in [0.05, 0.1) is 12.1 Å². The van der Waals surface area contributed by atoms with Gasteiger partial charge in [0.1, 0.15) is 11.5 Å². The van der Waals surface area contributed by atoms with Gasteiger partial charge in [0.2, 0.25) is 0 Å².